The van der Waals surface area contributed by atoms with Gasteiger partial charge in [-0.25, -0.2) is 0 Å². The Morgan fingerprint density at radius 1 is 1.07 bits per heavy atom. The third-order valence-corrected chi connectivity index (χ3v) is 4.47. The van der Waals surface area contributed by atoms with E-state index >= 15 is 0 Å². The number of aliphatic imine (C=N–C) groups is 1. The lowest BCUT2D eigenvalue weighted by atomic mass is 10.2. The van der Waals surface area contributed by atoms with Gasteiger partial charge >= 0.3 is 0 Å². The monoisotopic (exact) mass is 448 g/mol. The van der Waals surface area contributed by atoms with Crippen LogP contribution in [0.3, 0.4) is 0 Å². The van der Waals surface area contributed by atoms with Gasteiger partial charge in [0, 0.05) is 48.3 Å². The Morgan fingerprint density at radius 3 is 2.46 bits per heavy atom. The van der Waals surface area contributed by atoms with Gasteiger partial charge in [0.1, 0.15) is 11.5 Å². The van der Waals surface area contributed by atoms with Crippen molar-refractivity contribution < 1.29 is 14.3 Å². The summed E-state index contributed by atoms with van der Waals surface area (Å²) in [5, 5.41) is 9.20. The van der Waals surface area contributed by atoms with Gasteiger partial charge in [0.25, 0.3) is 0 Å². The van der Waals surface area contributed by atoms with Gasteiger partial charge < -0.3 is 25.4 Å². The molecule has 0 aliphatic carbocycles. The SMILES string of the molecule is CN=C(NCCC(=O)Nc1ccc(Br)cc1)NCc1ccc(OC)cc1OC. The average Bonchev–Trinajstić information content (AvgIpc) is 2.72. The van der Waals surface area contributed by atoms with Gasteiger partial charge in [-0.3, -0.25) is 9.79 Å². The second-order valence-corrected chi connectivity index (χ2v) is 6.75. The maximum absolute atomic E-state index is 12.0. The molecule has 28 heavy (non-hydrogen) atoms. The molecule has 2 rings (SSSR count). The van der Waals surface area contributed by atoms with Crippen LogP contribution in [0.1, 0.15) is 12.0 Å². The van der Waals surface area contributed by atoms with E-state index in [0.29, 0.717) is 25.5 Å². The summed E-state index contributed by atoms with van der Waals surface area (Å²) in [4.78, 5) is 16.2. The van der Waals surface area contributed by atoms with Crippen molar-refractivity contribution in [3.05, 3.63) is 52.5 Å². The Hall–Kier alpha value is -2.74. The van der Waals surface area contributed by atoms with Crippen LogP contribution in [0.5, 0.6) is 11.5 Å². The molecular weight excluding hydrogens is 424 g/mol. The summed E-state index contributed by atoms with van der Waals surface area (Å²) in [7, 11) is 4.92. The number of anilines is 1. The molecule has 0 aliphatic rings. The molecule has 0 saturated heterocycles. The van der Waals surface area contributed by atoms with Crippen LogP contribution >= 0.6 is 15.9 Å². The van der Waals surface area contributed by atoms with E-state index in [-0.39, 0.29) is 5.91 Å². The molecule has 0 saturated carbocycles. The van der Waals surface area contributed by atoms with Gasteiger partial charge in [-0.15, -0.1) is 0 Å². The minimum absolute atomic E-state index is 0.0675. The molecule has 0 heterocycles. The van der Waals surface area contributed by atoms with Crippen molar-refractivity contribution >= 4 is 33.5 Å². The second kappa shape index (κ2) is 11.2. The second-order valence-electron chi connectivity index (χ2n) is 5.84. The number of nitrogens with zero attached hydrogens (tertiary/aromatic N) is 1. The van der Waals surface area contributed by atoms with E-state index in [1.807, 2.05) is 42.5 Å². The summed E-state index contributed by atoms with van der Waals surface area (Å²) in [6.45, 7) is 0.986. The van der Waals surface area contributed by atoms with Gasteiger partial charge in [0.15, 0.2) is 5.96 Å². The van der Waals surface area contributed by atoms with E-state index < -0.39 is 0 Å². The van der Waals surface area contributed by atoms with E-state index in [9.17, 15) is 4.79 Å². The molecular formula is C20H25BrN4O3. The zero-order chi connectivity index (χ0) is 20.4. The Kier molecular flexibility index (Phi) is 8.61. The van der Waals surface area contributed by atoms with Gasteiger partial charge in [-0.2, -0.15) is 0 Å². The summed E-state index contributed by atoms with van der Waals surface area (Å²) in [5.41, 5.74) is 1.74. The molecule has 8 heteroatoms. The first-order chi connectivity index (χ1) is 13.5. The van der Waals surface area contributed by atoms with Crippen molar-refractivity contribution in [1.29, 1.82) is 0 Å². The number of benzene rings is 2. The molecule has 0 atom stereocenters. The molecule has 150 valence electrons. The summed E-state index contributed by atoms with van der Waals surface area (Å²) < 4.78 is 11.6. The summed E-state index contributed by atoms with van der Waals surface area (Å²) >= 11 is 3.37. The zero-order valence-electron chi connectivity index (χ0n) is 16.2. The van der Waals surface area contributed by atoms with Crippen molar-refractivity contribution in [3.8, 4) is 11.5 Å². The lowest BCUT2D eigenvalue weighted by Gasteiger charge is -2.14. The van der Waals surface area contributed by atoms with Gasteiger partial charge in [-0.1, -0.05) is 15.9 Å². The largest absolute Gasteiger partial charge is 0.497 e. The van der Waals surface area contributed by atoms with E-state index in [4.69, 9.17) is 9.47 Å². The topological polar surface area (TPSA) is 84.0 Å². The van der Waals surface area contributed by atoms with Crippen LogP contribution in [-0.4, -0.2) is 39.7 Å². The highest BCUT2D eigenvalue weighted by Crippen LogP contribution is 2.24. The first kappa shape index (κ1) is 21.6. The van der Waals surface area contributed by atoms with Crippen LogP contribution in [-0.2, 0) is 11.3 Å². The average molecular weight is 449 g/mol. The molecule has 0 spiro atoms. The first-order valence-electron chi connectivity index (χ1n) is 8.76. The molecule has 3 N–H and O–H groups in total. The third kappa shape index (κ3) is 6.77. The van der Waals surface area contributed by atoms with Crippen LogP contribution in [0.2, 0.25) is 0 Å². The predicted octanol–water partition coefficient (Wildman–Crippen LogP) is 3.16. The Bertz CT molecular complexity index is 810. The molecule has 2 aromatic carbocycles. The van der Waals surface area contributed by atoms with Crippen LogP contribution in [0.4, 0.5) is 5.69 Å². The van der Waals surface area contributed by atoms with Crippen molar-refractivity contribution in [1.82, 2.24) is 10.6 Å². The lowest BCUT2D eigenvalue weighted by molar-refractivity contribution is -0.116. The Labute approximate surface area is 173 Å². The van der Waals surface area contributed by atoms with Crippen molar-refractivity contribution in [2.45, 2.75) is 13.0 Å². The van der Waals surface area contributed by atoms with E-state index in [2.05, 4.69) is 36.9 Å². The molecule has 1 amide bonds. The van der Waals surface area contributed by atoms with Gasteiger partial charge in [-0.05, 0) is 36.4 Å². The van der Waals surface area contributed by atoms with E-state index in [0.717, 1.165) is 27.2 Å². The Balaban J connectivity index is 1.78. The number of hydrogen-bond donors (Lipinski definition) is 3. The number of amides is 1. The highest BCUT2D eigenvalue weighted by atomic mass is 79.9. The number of nitrogens with one attached hydrogen (secondary N) is 3. The molecule has 0 aromatic heterocycles. The van der Waals surface area contributed by atoms with Crippen molar-refractivity contribution in [2.24, 2.45) is 4.99 Å². The van der Waals surface area contributed by atoms with Gasteiger partial charge in [0.05, 0.1) is 14.2 Å². The first-order valence-corrected chi connectivity index (χ1v) is 9.56. The summed E-state index contributed by atoms with van der Waals surface area (Å²) in [5.74, 6) is 2.01. The standard InChI is InChI=1S/C20H25BrN4O3/c1-22-20(24-13-14-4-9-17(27-2)12-18(14)28-3)23-11-10-19(26)25-16-7-5-15(21)6-8-16/h4-9,12H,10-11,13H2,1-3H3,(H,25,26)(H2,22,23,24). The maximum atomic E-state index is 12.0. The lowest BCUT2D eigenvalue weighted by Crippen LogP contribution is -2.38. The zero-order valence-corrected chi connectivity index (χ0v) is 17.8. The number of guanidine groups is 1. The van der Waals surface area contributed by atoms with Crippen LogP contribution in [0.15, 0.2) is 51.9 Å². The van der Waals surface area contributed by atoms with Crippen LogP contribution in [0.25, 0.3) is 0 Å². The number of carbonyl (C=O) groups excluding carboxylic acids is 1. The number of ether oxygens (including phenoxy) is 2. The number of methoxy groups -OCH3 is 2. The van der Waals surface area contributed by atoms with Gasteiger partial charge in [0.2, 0.25) is 5.91 Å². The minimum Gasteiger partial charge on any atom is -0.497 e. The van der Waals surface area contributed by atoms with Crippen molar-refractivity contribution in [2.75, 3.05) is 33.1 Å². The number of halogens is 1. The maximum Gasteiger partial charge on any atom is 0.226 e. The number of carbonyl (C=O) groups is 1. The molecule has 0 aliphatic heterocycles. The van der Waals surface area contributed by atoms with Crippen LogP contribution < -0.4 is 25.4 Å². The highest BCUT2D eigenvalue weighted by molar-refractivity contribution is 9.10. The fraction of sp³-hybridized carbons (Fsp3) is 0.300. The van der Waals surface area contributed by atoms with E-state index in [1.165, 1.54) is 0 Å². The summed E-state index contributed by atoms with van der Waals surface area (Å²) in [6, 6.07) is 13.1. The van der Waals surface area contributed by atoms with E-state index in [1.54, 1.807) is 21.3 Å². The molecule has 0 fully saturated rings. The quantitative estimate of drug-likeness (QED) is 0.426. The Morgan fingerprint density at radius 2 is 1.82 bits per heavy atom. The molecule has 0 bridgehead atoms. The van der Waals surface area contributed by atoms with Crippen molar-refractivity contribution in [3.63, 3.8) is 0 Å². The normalized spacial score (nSPS) is 10.9. The van der Waals surface area contributed by atoms with Crippen LogP contribution in [0, 0.1) is 0 Å². The fourth-order valence-corrected chi connectivity index (χ4v) is 2.71. The smallest absolute Gasteiger partial charge is 0.226 e. The third-order valence-electron chi connectivity index (χ3n) is 3.94. The minimum atomic E-state index is -0.0675. The molecule has 0 radical (unpaired) electrons. The highest BCUT2D eigenvalue weighted by Gasteiger charge is 2.07. The fourth-order valence-electron chi connectivity index (χ4n) is 2.45. The molecule has 7 nitrogen and oxygen atoms in total. The molecule has 2 aromatic rings. The number of rotatable bonds is 8. The molecule has 0 unspecified atom stereocenters. The number of hydrogen-bond acceptors (Lipinski definition) is 4. The summed E-state index contributed by atoms with van der Waals surface area (Å²) in [6.07, 6.45) is 0.322. The predicted molar refractivity (Wildman–Crippen MR) is 115 cm³/mol.